The second kappa shape index (κ2) is 8.15. The molecule has 0 aliphatic heterocycles. The molecule has 144 valence electrons. The molecule has 2 aromatic rings. The number of phenolic OH excluding ortho intramolecular Hbond substituents is 1. The number of rotatable bonds is 7. The molecule has 0 radical (unpaired) electrons. The SMILES string of the molecule is COC(=O)C1(NCc2c(OCc3ccccc3)cc(O)c(Cl)c2F)CCC1. The lowest BCUT2D eigenvalue weighted by Crippen LogP contribution is -2.57. The van der Waals surface area contributed by atoms with Crippen LogP contribution in [0.25, 0.3) is 0 Å². The summed E-state index contributed by atoms with van der Waals surface area (Å²) in [6.45, 7) is 0.224. The second-order valence-corrected chi connectivity index (χ2v) is 6.93. The largest absolute Gasteiger partial charge is 0.506 e. The lowest BCUT2D eigenvalue weighted by Gasteiger charge is -2.39. The third kappa shape index (κ3) is 4.01. The Balaban J connectivity index is 1.82. The first-order valence-electron chi connectivity index (χ1n) is 8.67. The number of hydrogen-bond donors (Lipinski definition) is 2. The van der Waals surface area contributed by atoms with Gasteiger partial charge >= 0.3 is 5.97 Å². The van der Waals surface area contributed by atoms with Gasteiger partial charge in [0.25, 0.3) is 0 Å². The smallest absolute Gasteiger partial charge is 0.326 e. The Morgan fingerprint density at radius 3 is 2.63 bits per heavy atom. The van der Waals surface area contributed by atoms with Crippen LogP contribution < -0.4 is 10.1 Å². The summed E-state index contributed by atoms with van der Waals surface area (Å²) >= 11 is 5.86. The Bertz CT molecular complexity index is 824. The Kier molecular flexibility index (Phi) is 5.87. The van der Waals surface area contributed by atoms with Crippen LogP contribution in [0.4, 0.5) is 4.39 Å². The van der Waals surface area contributed by atoms with E-state index in [1.807, 2.05) is 30.3 Å². The average molecular weight is 394 g/mol. The summed E-state index contributed by atoms with van der Waals surface area (Å²) in [6, 6.07) is 10.7. The molecule has 1 aliphatic carbocycles. The molecule has 0 amide bonds. The molecule has 7 heteroatoms. The summed E-state index contributed by atoms with van der Waals surface area (Å²) in [7, 11) is 1.33. The highest BCUT2D eigenvalue weighted by Crippen LogP contribution is 2.38. The van der Waals surface area contributed by atoms with E-state index < -0.39 is 17.1 Å². The van der Waals surface area contributed by atoms with Gasteiger partial charge < -0.3 is 14.6 Å². The van der Waals surface area contributed by atoms with Crippen LogP contribution in [0.1, 0.15) is 30.4 Å². The van der Waals surface area contributed by atoms with Crippen molar-refractivity contribution >= 4 is 17.6 Å². The number of methoxy groups -OCH3 is 1. The molecule has 0 saturated heterocycles. The fraction of sp³-hybridized carbons (Fsp3) is 0.350. The molecule has 2 aromatic carbocycles. The predicted molar refractivity (Wildman–Crippen MR) is 99.3 cm³/mol. The number of phenols is 1. The van der Waals surface area contributed by atoms with Crippen molar-refractivity contribution < 1.29 is 23.8 Å². The summed E-state index contributed by atoms with van der Waals surface area (Å²) in [5, 5.41) is 12.6. The van der Waals surface area contributed by atoms with Gasteiger partial charge in [0.1, 0.15) is 28.7 Å². The van der Waals surface area contributed by atoms with Crippen LogP contribution >= 0.6 is 11.6 Å². The number of benzene rings is 2. The number of aromatic hydroxyl groups is 1. The maximum Gasteiger partial charge on any atom is 0.326 e. The van der Waals surface area contributed by atoms with E-state index in [1.54, 1.807) is 0 Å². The molecule has 5 nitrogen and oxygen atoms in total. The summed E-state index contributed by atoms with van der Waals surface area (Å²) in [6.07, 6.45) is 2.12. The quantitative estimate of drug-likeness (QED) is 0.697. The van der Waals surface area contributed by atoms with E-state index in [4.69, 9.17) is 21.1 Å². The molecule has 2 N–H and O–H groups in total. The standard InChI is InChI=1S/C20H21ClFNO4/c1-26-19(25)20(8-5-9-20)23-11-14-16(10-15(24)17(21)18(14)22)27-12-13-6-3-2-4-7-13/h2-4,6-7,10,23-24H,5,8-9,11-12H2,1H3. The number of carbonyl (C=O) groups is 1. The number of hydrogen-bond acceptors (Lipinski definition) is 5. The molecular weight excluding hydrogens is 373 g/mol. The van der Waals surface area contributed by atoms with Gasteiger partial charge in [-0.1, -0.05) is 41.9 Å². The topological polar surface area (TPSA) is 67.8 Å². The van der Waals surface area contributed by atoms with E-state index in [9.17, 15) is 14.3 Å². The lowest BCUT2D eigenvalue weighted by atomic mass is 9.76. The third-order valence-electron chi connectivity index (χ3n) is 4.87. The predicted octanol–water partition coefficient (Wildman–Crippen LogP) is 3.95. The van der Waals surface area contributed by atoms with Crippen molar-refractivity contribution in [2.45, 2.75) is 38.0 Å². The first kappa shape index (κ1) is 19.5. The molecule has 1 aliphatic rings. The number of nitrogens with one attached hydrogen (secondary N) is 1. The van der Waals surface area contributed by atoms with Crippen molar-refractivity contribution in [2.24, 2.45) is 0 Å². The molecule has 0 heterocycles. The van der Waals surface area contributed by atoms with Crippen LogP contribution in [0.3, 0.4) is 0 Å². The van der Waals surface area contributed by atoms with Gasteiger partial charge in [0.05, 0.1) is 7.11 Å². The molecule has 3 rings (SSSR count). The molecule has 1 saturated carbocycles. The zero-order chi connectivity index (χ0) is 19.4. The fourth-order valence-corrected chi connectivity index (χ4v) is 3.26. The second-order valence-electron chi connectivity index (χ2n) is 6.56. The molecule has 0 spiro atoms. The van der Waals surface area contributed by atoms with E-state index in [-0.39, 0.29) is 35.5 Å². The molecule has 27 heavy (non-hydrogen) atoms. The van der Waals surface area contributed by atoms with Gasteiger partial charge in [0.15, 0.2) is 5.82 Å². The lowest BCUT2D eigenvalue weighted by molar-refractivity contribution is -0.152. The van der Waals surface area contributed by atoms with Crippen molar-refractivity contribution in [3.05, 3.63) is 58.4 Å². The van der Waals surface area contributed by atoms with E-state index >= 15 is 0 Å². The van der Waals surface area contributed by atoms with Crippen molar-refractivity contribution in [3.8, 4) is 11.5 Å². The fourth-order valence-electron chi connectivity index (χ4n) is 3.09. The Labute approximate surface area is 162 Å². The normalized spacial score (nSPS) is 15.1. The highest BCUT2D eigenvalue weighted by Gasteiger charge is 2.45. The van der Waals surface area contributed by atoms with Crippen LogP contribution in [0, 0.1) is 5.82 Å². The average Bonchev–Trinajstić information content (AvgIpc) is 2.65. The van der Waals surface area contributed by atoms with Gasteiger partial charge in [-0.05, 0) is 24.8 Å². The van der Waals surface area contributed by atoms with Crippen LogP contribution in [-0.4, -0.2) is 23.7 Å². The summed E-state index contributed by atoms with van der Waals surface area (Å²) in [5.74, 6) is -1.37. The zero-order valence-corrected chi connectivity index (χ0v) is 15.7. The third-order valence-corrected chi connectivity index (χ3v) is 5.23. The zero-order valence-electron chi connectivity index (χ0n) is 14.9. The van der Waals surface area contributed by atoms with E-state index in [0.29, 0.717) is 12.8 Å². The molecule has 0 bridgehead atoms. The van der Waals surface area contributed by atoms with Crippen molar-refractivity contribution in [1.82, 2.24) is 5.32 Å². The molecular formula is C20H21ClFNO4. The number of carbonyl (C=O) groups excluding carboxylic acids is 1. The van der Waals surface area contributed by atoms with Crippen LogP contribution in [0.2, 0.25) is 5.02 Å². The van der Waals surface area contributed by atoms with Gasteiger partial charge in [-0.3, -0.25) is 10.1 Å². The van der Waals surface area contributed by atoms with Crippen LogP contribution in [-0.2, 0) is 22.7 Å². The Morgan fingerprint density at radius 2 is 2.04 bits per heavy atom. The minimum absolute atomic E-state index is 0.0189. The first-order chi connectivity index (χ1) is 13.0. The number of halogens is 2. The Morgan fingerprint density at radius 1 is 1.33 bits per heavy atom. The molecule has 0 aromatic heterocycles. The molecule has 0 atom stereocenters. The highest BCUT2D eigenvalue weighted by molar-refractivity contribution is 6.32. The van der Waals surface area contributed by atoms with Crippen LogP contribution in [0.15, 0.2) is 36.4 Å². The van der Waals surface area contributed by atoms with Gasteiger partial charge in [0.2, 0.25) is 0 Å². The van der Waals surface area contributed by atoms with E-state index in [1.165, 1.54) is 13.2 Å². The van der Waals surface area contributed by atoms with Crippen molar-refractivity contribution in [1.29, 1.82) is 0 Å². The van der Waals surface area contributed by atoms with Gasteiger partial charge in [-0.15, -0.1) is 0 Å². The highest BCUT2D eigenvalue weighted by atomic mass is 35.5. The minimum Gasteiger partial charge on any atom is -0.506 e. The van der Waals surface area contributed by atoms with Gasteiger partial charge in [-0.25, -0.2) is 4.39 Å². The summed E-state index contributed by atoms with van der Waals surface area (Å²) < 4.78 is 25.3. The summed E-state index contributed by atoms with van der Waals surface area (Å²) in [4.78, 5) is 12.1. The number of ether oxygens (including phenoxy) is 2. The molecule has 1 fully saturated rings. The summed E-state index contributed by atoms with van der Waals surface area (Å²) in [5.41, 5.74) is 0.239. The maximum atomic E-state index is 14.7. The first-order valence-corrected chi connectivity index (χ1v) is 9.04. The Hall–Kier alpha value is -2.31. The minimum atomic E-state index is -0.817. The molecule has 0 unspecified atom stereocenters. The van der Waals surface area contributed by atoms with Gasteiger partial charge in [-0.2, -0.15) is 0 Å². The van der Waals surface area contributed by atoms with Crippen molar-refractivity contribution in [2.75, 3.05) is 7.11 Å². The van der Waals surface area contributed by atoms with E-state index in [0.717, 1.165) is 12.0 Å². The van der Waals surface area contributed by atoms with Gasteiger partial charge in [0, 0.05) is 18.2 Å². The number of esters is 1. The van der Waals surface area contributed by atoms with Crippen LogP contribution in [0.5, 0.6) is 11.5 Å². The maximum absolute atomic E-state index is 14.7. The van der Waals surface area contributed by atoms with Crippen molar-refractivity contribution in [3.63, 3.8) is 0 Å². The monoisotopic (exact) mass is 393 g/mol. The van der Waals surface area contributed by atoms with E-state index in [2.05, 4.69) is 5.32 Å².